The summed E-state index contributed by atoms with van der Waals surface area (Å²) in [5, 5.41) is 0.286. The molecule has 1 rings (SSSR count). The molecule has 0 amide bonds. The van der Waals surface area contributed by atoms with E-state index >= 15 is 0 Å². The van der Waals surface area contributed by atoms with Crippen LogP contribution in [0.5, 0.6) is 0 Å². The van der Waals surface area contributed by atoms with Crippen molar-refractivity contribution in [3.63, 3.8) is 0 Å². The Labute approximate surface area is 96.7 Å². The van der Waals surface area contributed by atoms with E-state index in [4.69, 9.17) is 4.43 Å². The van der Waals surface area contributed by atoms with Gasteiger partial charge in [-0.15, -0.1) is 0 Å². The Balaban J connectivity index is 2.52. The molecule has 85 valence electrons. The molecule has 0 aromatic rings. The summed E-state index contributed by atoms with van der Waals surface area (Å²) in [6.45, 7) is 13.6. The van der Waals surface area contributed by atoms with Crippen LogP contribution < -0.4 is 0 Å². The number of rotatable bonds is 3. The van der Waals surface area contributed by atoms with Gasteiger partial charge in [-0.1, -0.05) is 20.8 Å². The molecule has 15 heavy (non-hydrogen) atoms. The third-order valence-electron chi connectivity index (χ3n) is 3.44. The maximum atomic E-state index is 6.29. The first-order valence-electron chi connectivity index (χ1n) is 5.63. The minimum Gasteiger partial charge on any atom is -0.414 e. The molecule has 2 heteroatoms. The molecule has 1 aliphatic carbocycles. The van der Waals surface area contributed by atoms with Crippen LogP contribution in [0.3, 0.4) is 0 Å². The van der Waals surface area contributed by atoms with Crippen LogP contribution in [0, 0.1) is 31.6 Å². The van der Waals surface area contributed by atoms with Crippen LogP contribution in [0.4, 0.5) is 0 Å². The smallest absolute Gasteiger partial charge is 0.192 e. The van der Waals surface area contributed by atoms with Gasteiger partial charge in [-0.25, -0.2) is 0 Å². The first kappa shape index (κ1) is 13.2. The van der Waals surface area contributed by atoms with Gasteiger partial charge in [0.05, 0.1) is 0 Å². The fraction of sp³-hybridized carbons (Fsp3) is 0.615. The molecule has 1 atom stereocenters. The monoisotopic (exact) mass is 223 g/mol. The summed E-state index contributed by atoms with van der Waals surface area (Å²) in [7, 11) is -1.62. The van der Waals surface area contributed by atoms with Crippen LogP contribution in [0.15, 0.2) is 0 Å². The molecule has 0 aliphatic heterocycles. The predicted molar refractivity (Wildman–Crippen MR) is 68.2 cm³/mol. The van der Waals surface area contributed by atoms with Crippen molar-refractivity contribution in [1.29, 1.82) is 0 Å². The minimum atomic E-state index is -1.62. The topological polar surface area (TPSA) is 9.23 Å². The second-order valence-electron chi connectivity index (χ2n) is 5.74. The molecule has 1 saturated carbocycles. The molecule has 0 spiro atoms. The lowest BCUT2D eigenvalue weighted by Gasteiger charge is -2.39. The van der Waals surface area contributed by atoms with E-state index in [0.29, 0.717) is 0 Å². The van der Waals surface area contributed by atoms with Crippen molar-refractivity contribution in [2.45, 2.75) is 51.9 Å². The zero-order valence-corrected chi connectivity index (χ0v) is 11.8. The van der Waals surface area contributed by atoms with Crippen molar-refractivity contribution in [2.24, 2.45) is 0 Å². The quantitative estimate of drug-likeness (QED) is 0.661. The summed E-state index contributed by atoms with van der Waals surface area (Å²) in [5.41, 5.74) is 0. The molecule has 5 radical (unpaired) electrons. The number of hydrogen-bond donors (Lipinski definition) is 0. The van der Waals surface area contributed by atoms with Gasteiger partial charge in [0.25, 0.3) is 0 Å². The SMILES string of the molecule is C[C@H](O[Si](C)(C)C(C)(C)C)[C]1[CH][CH][CH][CH]1. The Bertz CT molecular complexity index is 199. The molecule has 0 aromatic carbocycles. The molecule has 1 aliphatic rings. The van der Waals surface area contributed by atoms with Crippen molar-refractivity contribution in [3.8, 4) is 0 Å². The van der Waals surface area contributed by atoms with E-state index < -0.39 is 8.32 Å². The number of hydrogen-bond acceptors (Lipinski definition) is 1. The highest BCUT2D eigenvalue weighted by molar-refractivity contribution is 6.74. The summed E-state index contributed by atoms with van der Waals surface area (Å²) < 4.78 is 6.29. The fourth-order valence-corrected chi connectivity index (χ4v) is 2.72. The van der Waals surface area contributed by atoms with Gasteiger partial charge in [0.1, 0.15) is 0 Å². The zero-order valence-electron chi connectivity index (χ0n) is 10.8. The molecular formula is C13H23OSi. The van der Waals surface area contributed by atoms with Crippen molar-refractivity contribution in [3.05, 3.63) is 31.6 Å². The Morgan fingerprint density at radius 3 is 2.00 bits per heavy atom. The van der Waals surface area contributed by atoms with Gasteiger partial charge >= 0.3 is 0 Å². The van der Waals surface area contributed by atoms with Gasteiger partial charge < -0.3 is 4.43 Å². The summed E-state index contributed by atoms with van der Waals surface area (Å²) in [5.74, 6) is 1.29. The van der Waals surface area contributed by atoms with Crippen molar-refractivity contribution < 1.29 is 4.43 Å². The molecule has 0 N–H and O–H groups in total. The molecule has 1 fully saturated rings. The van der Waals surface area contributed by atoms with E-state index in [1.165, 1.54) is 5.92 Å². The minimum absolute atomic E-state index is 0.223. The molecule has 1 nitrogen and oxygen atoms in total. The average molecular weight is 223 g/mol. The molecule has 0 saturated heterocycles. The highest BCUT2D eigenvalue weighted by Gasteiger charge is 2.40. The lowest BCUT2D eigenvalue weighted by Crippen LogP contribution is -2.44. The predicted octanol–water partition coefficient (Wildman–Crippen LogP) is 3.80. The molecular weight excluding hydrogens is 200 g/mol. The highest BCUT2D eigenvalue weighted by atomic mass is 28.4. The first-order valence-corrected chi connectivity index (χ1v) is 8.54. The van der Waals surface area contributed by atoms with Crippen LogP contribution in [-0.2, 0) is 4.43 Å². The first-order chi connectivity index (χ1) is 6.74. The Morgan fingerprint density at radius 2 is 1.60 bits per heavy atom. The van der Waals surface area contributed by atoms with Gasteiger partial charge in [0.15, 0.2) is 8.32 Å². The lowest BCUT2D eigenvalue weighted by molar-refractivity contribution is 0.218. The third kappa shape index (κ3) is 3.32. The van der Waals surface area contributed by atoms with E-state index in [0.717, 1.165) is 0 Å². The molecule has 0 heterocycles. The van der Waals surface area contributed by atoms with Crippen molar-refractivity contribution in [2.75, 3.05) is 0 Å². The van der Waals surface area contributed by atoms with Gasteiger partial charge in [0, 0.05) is 12.0 Å². The second-order valence-corrected chi connectivity index (χ2v) is 10.5. The van der Waals surface area contributed by atoms with Crippen molar-refractivity contribution in [1.82, 2.24) is 0 Å². The normalized spacial score (nSPS) is 22.0. The average Bonchev–Trinajstić information content (AvgIpc) is 2.51. The van der Waals surface area contributed by atoms with E-state index in [9.17, 15) is 0 Å². The van der Waals surface area contributed by atoms with Crippen LogP contribution in [-0.4, -0.2) is 14.4 Å². The van der Waals surface area contributed by atoms with Gasteiger partial charge in [-0.05, 0) is 50.7 Å². The maximum Gasteiger partial charge on any atom is 0.192 e. The molecule has 0 bridgehead atoms. The summed E-state index contributed by atoms with van der Waals surface area (Å²) >= 11 is 0. The molecule has 0 unspecified atom stereocenters. The summed E-state index contributed by atoms with van der Waals surface area (Å²) in [6.07, 6.45) is 8.64. The zero-order chi connectivity index (χ0) is 11.7. The third-order valence-corrected chi connectivity index (χ3v) is 7.99. The Hall–Kier alpha value is 0.177. The van der Waals surface area contributed by atoms with Crippen LogP contribution in [0.25, 0.3) is 0 Å². The van der Waals surface area contributed by atoms with Crippen LogP contribution in [0.1, 0.15) is 27.7 Å². The summed E-state index contributed by atoms with van der Waals surface area (Å²) in [6, 6.07) is 0. The molecule has 0 aromatic heterocycles. The highest BCUT2D eigenvalue weighted by Crippen LogP contribution is 2.39. The largest absolute Gasteiger partial charge is 0.414 e. The maximum absolute atomic E-state index is 6.29. The van der Waals surface area contributed by atoms with E-state index in [1.807, 2.05) is 0 Å². The van der Waals surface area contributed by atoms with E-state index in [2.05, 4.69) is 66.5 Å². The van der Waals surface area contributed by atoms with Crippen LogP contribution >= 0.6 is 0 Å². The van der Waals surface area contributed by atoms with Gasteiger partial charge in [-0.2, -0.15) is 0 Å². The Kier molecular flexibility index (Phi) is 4.05. The fourth-order valence-electron chi connectivity index (χ4n) is 1.35. The summed E-state index contributed by atoms with van der Waals surface area (Å²) in [4.78, 5) is 0. The standard InChI is InChI=1S/C13H23OSi/c1-11(12-9-7-8-10-12)14-15(5,6)13(2,3)4/h7-11H,1-6H3/t11-/m0/s1. The Morgan fingerprint density at radius 1 is 1.13 bits per heavy atom. The van der Waals surface area contributed by atoms with Gasteiger partial charge in [0.2, 0.25) is 0 Å². The van der Waals surface area contributed by atoms with E-state index in [-0.39, 0.29) is 11.1 Å². The van der Waals surface area contributed by atoms with Crippen molar-refractivity contribution >= 4 is 8.32 Å². The van der Waals surface area contributed by atoms with Gasteiger partial charge in [-0.3, -0.25) is 0 Å². The second kappa shape index (κ2) is 4.58. The van der Waals surface area contributed by atoms with E-state index in [1.54, 1.807) is 0 Å². The lowest BCUT2D eigenvalue weighted by atomic mass is 10.0. The van der Waals surface area contributed by atoms with Crippen LogP contribution in [0.2, 0.25) is 18.1 Å².